The molecule has 30 heavy (non-hydrogen) atoms. The van der Waals surface area contributed by atoms with Crippen molar-refractivity contribution < 1.29 is 8.78 Å². The van der Waals surface area contributed by atoms with Crippen LogP contribution < -0.4 is 0 Å². The van der Waals surface area contributed by atoms with Gasteiger partial charge >= 0.3 is 0 Å². The molecule has 0 bridgehead atoms. The van der Waals surface area contributed by atoms with E-state index >= 15 is 0 Å². The van der Waals surface area contributed by atoms with Gasteiger partial charge < -0.3 is 0 Å². The Morgan fingerprint density at radius 3 is 2.20 bits per heavy atom. The van der Waals surface area contributed by atoms with Crippen molar-refractivity contribution in [2.75, 3.05) is 0 Å². The Morgan fingerprint density at radius 2 is 1.77 bits per heavy atom. The maximum Gasteiger partial charge on any atom is 0.270 e. The Kier molecular flexibility index (Phi) is 9.84. The first-order valence-electron chi connectivity index (χ1n) is 9.98. The number of halogens is 2. The first-order chi connectivity index (χ1) is 14.2. The molecule has 0 aliphatic rings. The van der Waals surface area contributed by atoms with Gasteiger partial charge in [-0.2, -0.15) is 5.26 Å². The Hall–Kier alpha value is -3.06. The predicted octanol–water partition coefficient (Wildman–Crippen LogP) is 7.73. The maximum absolute atomic E-state index is 12.7. The molecule has 158 valence electrons. The SMILES string of the molecule is CC=N/C(=C(\C)C#N)c1ccc(/C=C\C)c(C)c1.CCc1ccc(C(C)(F)F)cc1. The molecule has 0 aliphatic carbocycles. The molecule has 2 aromatic carbocycles. The molecule has 2 aromatic rings. The van der Waals surface area contributed by atoms with Crippen LogP contribution in [0.2, 0.25) is 0 Å². The van der Waals surface area contributed by atoms with Gasteiger partial charge in [-0.1, -0.05) is 55.5 Å². The number of allylic oxidation sites excluding steroid dienone is 2. The summed E-state index contributed by atoms with van der Waals surface area (Å²) in [7, 11) is 0. The molecule has 0 heterocycles. The third-order valence-corrected chi connectivity index (χ3v) is 4.54. The van der Waals surface area contributed by atoms with Gasteiger partial charge in [-0.25, -0.2) is 8.78 Å². The second-order valence-corrected chi connectivity index (χ2v) is 6.98. The predicted molar refractivity (Wildman–Crippen MR) is 124 cm³/mol. The molecule has 0 amide bonds. The van der Waals surface area contributed by atoms with Crippen molar-refractivity contribution in [1.82, 2.24) is 0 Å². The van der Waals surface area contributed by atoms with Crippen LogP contribution in [0.3, 0.4) is 0 Å². The minimum Gasteiger partial charge on any atom is -0.260 e. The van der Waals surface area contributed by atoms with Crippen molar-refractivity contribution in [2.24, 2.45) is 4.99 Å². The summed E-state index contributed by atoms with van der Waals surface area (Å²) in [5.41, 5.74) is 5.90. The largest absolute Gasteiger partial charge is 0.270 e. The number of aliphatic imine (C=N–C) groups is 1. The van der Waals surface area contributed by atoms with Crippen LogP contribution in [0.5, 0.6) is 0 Å². The van der Waals surface area contributed by atoms with Gasteiger partial charge in [0.05, 0.1) is 17.3 Å². The average molecular weight is 409 g/mol. The van der Waals surface area contributed by atoms with E-state index in [4.69, 9.17) is 5.26 Å². The van der Waals surface area contributed by atoms with Gasteiger partial charge in [-0.05, 0) is 56.9 Å². The van der Waals surface area contributed by atoms with Crippen LogP contribution in [-0.2, 0) is 12.3 Å². The van der Waals surface area contributed by atoms with E-state index in [-0.39, 0.29) is 5.56 Å². The highest BCUT2D eigenvalue weighted by Gasteiger charge is 2.23. The molecule has 4 heteroatoms. The molecule has 0 fully saturated rings. The van der Waals surface area contributed by atoms with Gasteiger partial charge in [0.25, 0.3) is 5.92 Å². The summed E-state index contributed by atoms with van der Waals surface area (Å²) in [6.07, 6.45) is 6.69. The van der Waals surface area contributed by atoms with Crippen LogP contribution >= 0.6 is 0 Å². The lowest BCUT2D eigenvalue weighted by molar-refractivity contribution is 0.0174. The Labute approximate surface area is 179 Å². The fourth-order valence-electron chi connectivity index (χ4n) is 2.79. The monoisotopic (exact) mass is 408 g/mol. The number of rotatable bonds is 5. The molecule has 0 radical (unpaired) electrons. The summed E-state index contributed by atoms with van der Waals surface area (Å²) in [4.78, 5) is 4.30. The van der Waals surface area contributed by atoms with Gasteiger partial charge in [0.1, 0.15) is 0 Å². The molecule has 2 nitrogen and oxygen atoms in total. The molecular formula is C26H30F2N2. The normalized spacial score (nSPS) is 12.4. The first kappa shape index (κ1) is 25.0. The van der Waals surface area contributed by atoms with Crippen LogP contribution in [0.15, 0.2) is 59.1 Å². The van der Waals surface area contributed by atoms with Crippen molar-refractivity contribution >= 4 is 18.0 Å². The van der Waals surface area contributed by atoms with E-state index in [1.54, 1.807) is 25.3 Å². The summed E-state index contributed by atoms with van der Waals surface area (Å²) >= 11 is 0. The number of benzene rings is 2. The summed E-state index contributed by atoms with van der Waals surface area (Å²) in [5.74, 6) is -2.72. The Bertz CT molecular complexity index is 954. The Balaban J connectivity index is 0.000000325. The lowest BCUT2D eigenvalue weighted by atomic mass is 10.0. The molecule has 0 saturated carbocycles. The van der Waals surface area contributed by atoms with E-state index < -0.39 is 5.92 Å². The second-order valence-electron chi connectivity index (χ2n) is 6.98. The van der Waals surface area contributed by atoms with Gasteiger partial charge in [0, 0.05) is 24.3 Å². The van der Waals surface area contributed by atoms with E-state index in [1.807, 2.05) is 32.9 Å². The van der Waals surface area contributed by atoms with Crippen LogP contribution in [0.4, 0.5) is 8.78 Å². The fraction of sp³-hybridized carbons (Fsp3) is 0.308. The highest BCUT2D eigenvalue weighted by molar-refractivity contribution is 5.77. The van der Waals surface area contributed by atoms with Crippen molar-refractivity contribution in [3.05, 3.63) is 81.9 Å². The van der Waals surface area contributed by atoms with E-state index in [0.29, 0.717) is 5.57 Å². The number of aryl methyl sites for hydroxylation is 2. The van der Waals surface area contributed by atoms with Gasteiger partial charge in [-0.3, -0.25) is 4.99 Å². The number of alkyl halides is 2. The average Bonchev–Trinajstić information content (AvgIpc) is 2.73. The number of hydrogen-bond donors (Lipinski definition) is 0. The van der Waals surface area contributed by atoms with Crippen LogP contribution in [-0.4, -0.2) is 6.21 Å². The molecular weight excluding hydrogens is 378 g/mol. The zero-order valence-electron chi connectivity index (χ0n) is 18.6. The summed E-state index contributed by atoms with van der Waals surface area (Å²) in [6, 6.07) is 14.7. The summed E-state index contributed by atoms with van der Waals surface area (Å²) in [5, 5.41) is 9.01. The minimum absolute atomic E-state index is 0.0831. The third kappa shape index (κ3) is 7.40. The molecule has 0 saturated heterocycles. The van der Waals surface area contributed by atoms with Gasteiger partial charge in [0.15, 0.2) is 0 Å². The second kappa shape index (κ2) is 11.8. The number of nitriles is 1. The van der Waals surface area contributed by atoms with Crippen molar-refractivity contribution in [3.63, 3.8) is 0 Å². The molecule has 0 aliphatic heterocycles. The highest BCUT2D eigenvalue weighted by atomic mass is 19.3. The Morgan fingerprint density at radius 1 is 1.13 bits per heavy atom. The van der Waals surface area contributed by atoms with Crippen molar-refractivity contribution in [3.8, 4) is 6.07 Å². The number of nitrogens with zero attached hydrogens (tertiary/aromatic N) is 2. The molecule has 0 aromatic heterocycles. The van der Waals surface area contributed by atoms with Crippen molar-refractivity contribution in [2.45, 2.75) is 53.9 Å². The van der Waals surface area contributed by atoms with Crippen molar-refractivity contribution in [1.29, 1.82) is 5.26 Å². The zero-order chi connectivity index (χ0) is 22.7. The summed E-state index contributed by atoms with van der Waals surface area (Å²) < 4.78 is 25.4. The lowest BCUT2D eigenvalue weighted by Crippen LogP contribution is -2.06. The van der Waals surface area contributed by atoms with Crippen LogP contribution in [0.1, 0.15) is 62.4 Å². The smallest absolute Gasteiger partial charge is 0.260 e. The van der Waals surface area contributed by atoms with E-state index in [2.05, 4.69) is 36.2 Å². The molecule has 0 atom stereocenters. The van der Waals surface area contributed by atoms with Crippen LogP contribution in [0.25, 0.3) is 11.8 Å². The van der Waals surface area contributed by atoms with Gasteiger partial charge in [0.2, 0.25) is 0 Å². The summed E-state index contributed by atoms with van der Waals surface area (Å²) in [6.45, 7) is 10.6. The first-order valence-corrected chi connectivity index (χ1v) is 9.98. The topological polar surface area (TPSA) is 36.1 Å². The minimum atomic E-state index is -2.72. The maximum atomic E-state index is 12.7. The molecule has 0 unspecified atom stereocenters. The zero-order valence-corrected chi connectivity index (χ0v) is 18.6. The van der Waals surface area contributed by atoms with Crippen LogP contribution in [0, 0.1) is 18.3 Å². The molecule has 2 rings (SSSR count). The third-order valence-electron chi connectivity index (χ3n) is 4.54. The van der Waals surface area contributed by atoms with E-state index in [1.165, 1.54) is 23.3 Å². The molecule has 0 N–H and O–H groups in total. The quantitative estimate of drug-likeness (QED) is 0.368. The standard InChI is InChI=1S/C16H18N2.C10H12F2/c1-5-7-14-8-9-15(10-12(14)3)16(18-6-2)13(4)11-17;1-3-8-4-6-9(7-5-8)10(2,11)12/h5-10H,1-4H3;4-7H,3H2,1-2H3/b7-5-,16-13+,18-6?;. The van der Waals surface area contributed by atoms with Gasteiger partial charge in [-0.15, -0.1) is 0 Å². The number of hydrogen-bond acceptors (Lipinski definition) is 2. The lowest BCUT2D eigenvalue weighted by Gasteiger charge is -2.10. The molecule has 0 spiro atoms. The fourth-order valence-corrected chi connectivity index (χ4v) is 2.79. The highest BCUT2D eigenvalue weighted by Crippen LogP contribution is 2.26. The van der Waals surface area contributed by atoms with E-state index in [0.717, 1.165) is 30.2 Å². The van der Waals surface area contributed by atoms with E-state index in [9.17, 15) is 8.78 Å².